The first-order valence-corrected chi connectivity index (χ1v) is 7.39. The van der Waals surface area contributed by atoms with Crippen LogP contribution in [0.15, 0.2) is 65.1 Å². The smallest absolute Gasteiger partial charge is 0.220 e. The van der Waals surface area contributed by atoms with E-state index in [2.05, 4.69) is 17.1 Å². The third-order valence-electron chi connectivity index (χ3n) is 3.57. The Hall–Kier alpha value is -2.58. The van der Waals surface area contributed by atoms with Gasteiger partial charge in [0.2, 0.25) is 5.89 Å². The third kappa shape index (κ3) is 2.38. The zero-order valence-corrected chi connectivity index (χ0v) is 12.4. The van der Waals surface area contributed by atoms with Gasteiger partial charge in [-0.2, -0.15) is 0 Å². The van der Waals surface area contributed by atoms with Crippen molar-refractivity contribution in [2.24, 2.45) is 0 Å². The van der Waals surface area contributed by atoms with Gasteiger partial charge in [-0.15, -0.1) is 0 Å². The van der Waals surface area contributed by atoms with E-state index in [9.17, 15) is 0 Å². The van der Waals surface area contributed by atoms with Crippen LogP contribution in [-0.2, 0) is 0 Å². The monoisotopic (exact) mass is 305 g/mol. The van der Waals surface area contributed by atoms with Gasteiger partial charge in [0.05, 0.1) is 0 Å². The molecule has 1 aromatic heterocycles. The van der Waals surface area contributed by atoms with Crippen molar-refractivity contribution in [3.05, 3.63) is 77.1 Å². The van der Waals surface area contributed by atoms with Gasteiger partial charge in [-0.1, -0.05) is 54.1 Å². The second-order valence-electron chi connectivity index (χ2n) is 5.07. The number of aromatic nitrogens is 1. The highest BCUT2D eigenvalue weighted by atomic mass is 35.5. The van der Waals surface area contributed by atoms with Crippen molar-refractivity contribution in [2.45, 2.75) is 0 Å². The Morgan fingerprint density at radius 3 is 2.73 bits per heavy atom. The summed E-state index contributed by atoms with van der Waals surface area (Å²) in [4.78, 5) is 4.59. The Kier molecular flexibility index (Phi) is 3.17. The van der Waals surface area contributed by atoms with Gasteiger partial charge in [-0.25, -0.2) is 4.98 Å². The van der Waals surface area contributed by atoms with E-state index >= 15 is 0 Å². The predicted molar refractivity (Wildman–Crippen MR) is 91.9 cm³/mol. The van der Waals surface area contributed by atoms with Gasteiger partial charge in [0.1, 0.15) is 5.52 Å². The largest absolute Gasteiger partial charge is 0.437 e. The Bertz CT molecular complexity index is 1000. The molecule has 106 valence electrons. The average Bonchev–Trinajstić information content (AvgIpc) is 2.97. The quantitative estimate of drug-likeness (QED) is 0.467. The zero-order valence-electron chi connectivity index (χ0n) is 11.7. The summed E-state index contributed by atoms with van der Waals surface area (Å²) in [7, 11) is 0. The van der Waals surface area contributed by atoms with Crippen molar-refractivity contribution in [2.75, 3.05) is 0 Å². The summed E-state index contributed by atoms with van der Waals surface area (Å²) in [6.45, 7) is 0. The van der Waals surface area contributed by atoms with Gasteiger partial charge in [0, 0.05) is 16.5 Å². The summed E-state index contributed by atoms with van der Waals surface area (Å²) in [5.74, 6) is 0.589. The minimum Gasteiger partial charge on any atom is -0.437 e. The fourth-order valence-electron chi connectivity index (χ4n) is 2.53. The minimum absolute atomic E-state index is 0.589. The van der Waals surface area contributed by atoms with Crippen molar-refractivity contribution >= 4 is 45.6 Å². The SMILES string of the molecule is Clc1cccc(/C=C/c2nc3c(ccc4ccccc43)o2)c1. The van der Waals surface area contributed by atoms with Crippen molar-refractivity contribution in [1.29, 1.82) is 0 Å². The lowest BCUT2D eigenvalue weighted by atomic mass is 10.1. The first-order valence-electron chi connectivity index (χ1n) is 7.01. The second-order valence-corrected chi connectivity index (χ2v) is 5.51. The lowest BCUT2D eigenvalue weighted by Crippen LogP contribution is -1.75. The number of halogens is 1. The van der Waals surface area contributed by atoms with E-state index in [1.807, 2.05) is 60.7 Å². The molecule has 0 aliphatic rings. The maximum atomic E-state index is 5.98. The molecule has 0 saturated heterocycles. The molecule has 0 bridgehead atoms. The number of rotatable bonds is 2. The average molecular weight is 306 g/mol. The fraction of sp³-hybridized carbons (Fsp3) is 0. The van der Waals surface area contributed by atoms with Crippen LogP contribution in [-0.4, -0.2) is 4.98 Å². The van der Waals surface area contributed by atoms with Crippen molar-refractivity contribution in [1.82, 2.24) is 4.98 Å². The number of benzene rings is 3. The fourth-order valence-corrected chi connectivity index (χ4v) is 2.73. The number of nitrogens with zero attached hydrogens (tertiary/aromatic N) is 1. The lowest BCUT2D eigenvalue weighted by Gasteiger charge is -1.95. The highest BCUT2D eigenvalue weighted by Gasteiger charge is 2.06. The molecule has 0 aliphatic carbocycles. The van der Waals surface area contributed by atoms with Crippen LogP contribution in [0.3, 0.4) is 0 Å². The maximum absolute atomic E-state index is 5.98. The molecule has 4 rings (SSSR count). The predicted octanol–water partition coefficient (Wildman–Crippen LogP) is 5.80. The molecular formula is C19H12ClNO. The van der Waals surface area contributed by atoms with Crippen LogP contribution in [0.2, 0.25) is 5.02 Å². The molecular weight excluding hydrogens is 294 g/mol. The van der Waals surface area contributed by atoms with E-state index in [1.54, 1.807) is 0 Å². The van der Waals surface area contributed by atoms with Crippen LogP contribution >= 0.6 is 11.6 Å². The van der Waals surface area contributed by atoms with Gasteiger partial charge < -0.3 is 4.42 Å². The standard InChI is InChI=1S/C19H12ClNO/c20-15-6-3-4-13(12-15)8-11-18-21-19-16-7-2-1-5-14(16)9-10-17(19)22-18/h1-12H/b11-8+. The number of hydrogen-bond acceptors (Lipinski definition) is 2. The molecule has 0 unspecified atom stereocenters. The van der Waals surface area contributed by atoms with Crippen LogP contribution in [0.25, 0.3) is 34.0 Å². The minimum atomic E-state index is 0.589. The third-order valence-corrected chi connectivity index (χ3v) is 3.80. The first kappa shape index (κ1) is 13.1. The zero-order chi connectivity index (χ0) is 14.9. The van der Waals surface area contributed by atoms with Crippen molar-refractivity contribution in [3.8, 4) is 0 Å². The summed E-state index contributed by atoms with van der Waals surface area (Å²) in [6, 6.07) is 19.8. The summed E-state index contributed by atoms with van der Waals surface area (Å²) < 4.78 is 5.80. The number of fused-ring (bicyclic) bond motifs is 3. The summed E-state index contributed by atoms with van der Waals surface area (Å²) >= 11 is 5.98. The van der Waals surface area contributed by atoms with E-state index in [1.165, 1.54) is 0 Å². The Morgan fingerprint density at radius 1 is 0.909 bits per heavy atom. The second kappa shape index (κ2) is 5.32. The molecule has 2 nitrogen and oxygen atoms in total. The number of oxazole rings is 1. The molecule has 0 aliphatic heterocycles. The Balaban J connectivity index is 1.78. The highest BCUT2D eigenvalue weighted by Crippen LogP contribution is 2.26. The topological polar surface area (TPSA) is 26.0 Å². The molecule has 0 atom stereocenters. The van der Waals surface area contributed by atoms with E-state index in [-0.39, 0.29) is 0 Å². The molecule has 0 N–H and O–H groups in total. The Labute approximate surface area is 132 Å². The molecule has 22 heavy (non-hydrogen) atoms. The van der Waals surface area contributed by atoms with Crippen LogP contribution in [0.1, 0.15) is 11.5 Å². The molecule has 3 aromatic carbocycles. The molecule has 0 spiro atoms. The highest BCUT2D eigenvalue weighted by molar-refractivity contribution is 6.30. The molecule has 1 heterocycles. The van der Waals surface area contributed by atoms with E-state index in [0.717, 1.165) is 27.4 Å². The normalized spacial score (nSPS) is 11.7. The maximum Gasteiger partial charge on any atom is 0.220 e. The van der Waals surface area contributed by atoms with Gasteiger partial charge in [-0.3, -0.25) is 0 Å². The van der Waals surface area contributed by atoms with Crippen molar-refractivity contribution < 1.29 is 4.42 Å². The van der Waals surface area contributed by atoms with E-state index in [0.29, 0.717) is 10.9 Å². The van der Waals surface area contributed by atoms with Crippen LogP contribution in [0, 0.1) is 0 Å². The summed E-state index contributed by atoms with van der Waals surface area (Å²) in [5, 5.41) is 2.98. The molecule has 0 fully saturated rings. The van der Waals surface area contributed by atoms with Gasteiger partial charge in [0.15, 0.2) is 5.58 Å². The van der Waals surface area contributed by atoms with E-state index < -0.39 is 0 Å². The van der Waals surface area contributed by atoms with Crippen LogP contribution in [0.4, 0.5) is 0 Å². The van der Waals surface area contributed by atoms with Crippen LogP contribution < -0.4 is 0 Å². The van der Waals surface area contributed by atoms with Crippen LogP contribution in [0.5, 0.6) is 0 Å². The lowest BCUT2D eigenvalue weighted by molar-refractivity contribution is 0.590. The molecule has 4 aromatic rings. The molecule has 0 saturated carbocycles. The van der Waals surface area contributed by atoms with Gasteiger partial charge >= 0.3 is 0 Å². The van der Waals surface area contributed by atoms with Gasteiger partial charge in [-0.05, 0) is 35.2 Å². The molecule has 3 heteroatoms. The van der Waals surface area contributed by atoms with Crippen molar-refractivity contribution in [3.63, 3.8) is 0 Å². The Morgan fingerprint density at radius 2 is 1.82 bits per heavy atom. The summed E-state index contributed by atoms with van der Waals surface area (Å²) in [5.41, 5.74) is 2.70. The molecule has 0 amide bonds. The number of hydrogen-bond donors (Lipinski definition) is 0. The molecule has 0 radical (unpaired) electrons. The van der Waals surface area contributed by atoms with E-state index in [4.69, 9.17) is 16.0 Å². The summed E-state index contributed by atoms with van der Waals surface area (Å²) in [6.07, 6.45) is 3.80. The first-order chi connectivity index (χ1) is 10.8. The van der Waals surface area contributed by atoms with Gasteiger partial charge in [0.25, 0.3) is 0 Å².